The van der Waals surface area contributed by atoms with Crippen molar-refractivity contribution in [2.45, 2.75) is 46.2 Å². The van der Waals surface area contributed by atoms with Gasteiger partial charge in [0.2, 0.25) is 5.91 Å². The third-order valence-corrected chi connectivity index (χ3v) is 2.88. The molecule has 120 valence electrons. The van der Waals surface area contributed by atoms with Crippen LogP contribution in [0.25, 0.3) is 0 Å². The molecule has 0 aliphatic carbocycles. The molecule has 0 bridgehead atoms. The van der Waals surface area contributed by atoms with Gasteiger partial charge in [0.05, 0.1) is 12.6 Å². The number of ether oxygens (including phenoxy) is 1. The topological polar surface area (TPSA) is 64.4 Å². The first-order chi connectivity index (χ1) is 9.52. The number of hydrogen-bond acceptors (Lipinski definition) is 3. The van der Waals surface area contributed by atoms with Gasteiger partial charge in [0.1, 0.15) is 5.75 Å². The number of nitrogens with one attached hydrogen (secondary N) is 1. The fourth-order valence-corrected chi connectivity index (χ4v) is 1.77. The van der Waals surface area contributed by atoms with Crippen molar-refractivity contribution < 1.29 is 9.53 Å². The normalized spacial score (nSPS) is 11.7. The van der Waals surface area contributed by atoms with Crippen molar-refractivity contribution in [2.24, 2.45) is 11.7 Å². The minimum atomic E-state index is -0.416. The Bertz CT molecular complexity index is 424. The van der Waals surface area contributed by atoms with Crippen molar-refractivity contribution in [3.63, 3.8) is 0 Å². The van der Waals surface area contributed by atoms with Crippen LogP contribution in [0.3, 0.4) is 0 Å². The first-order valence-electron chi connectivity index (χ1n) is 7.28. The van der Waals surface area contributed by atoms with Crippen LogP contribution in [0.4, 0.5) is 0 Å². The molecule has 0 fully saturated rings. The Morgan fingerprint density at radius 1 is 1.38 bits per heavy atom. The molecule has 0 heterocycles. The molecule has 1 rings (SSSR count). The SMILES string of the molecule is CCCC(N)C(=O)NCc1cccc(OCC(C)C)c1.Cl. The summed E-state index contributed by atoms with van der Waals surface area (Å²) in [5.41, 5.74) is 6.78. The van der Waals surface area contributed by atoms with E-state index in [0.29, 0.717) is 25.5 Å². The molecule has 1 amide bonds. The van der Waals surface area contributed by atoms with Crippen LogP contribution in [0, 0.1) is 5.92 Å². The summed E-state index contributed by atoms with van der Waals surface area (Å²) in [4.78, 5) is 11.7. The molecule has 1 atom stereocenters. The maximum Gasteiger partial charge on any atom is 0.237 e. The summed E-state index contributed by atoms with van der Waals surface area (Å²) in [5, 5.41) is 2.86. The summed E-state index contributed by atoms with van der Waals surface area (Å²) in [7, 11) is 0. The molecule has 0 aliphatic rings. The van der Waals surface area contributed by atoms with Gasteiger partial charge >= 0.3 is 0 Å². The first-order valence-corrected chi connectivity index (χ1v) is 7.28. The van der Waals surface area contributed by atoms with E-state index in [1.807, 2.05) is 31.2 Å². The van der Waals surface area contributed by atoms with Gasteiger partial charge in [-0.3, -0.25) is 4.79 Å². The van der Waals surface area contributed by atoms with Gasteiger partial charge in [-0.1, -0.05) is 39.3 Å². The summed E-state index contributed by atoms with van der Waals surface area (Å²) in [6.07, 6.45) is 1.62. The molecule has 1 unspecified atom stereocenters. The number of halogens is 1. The smallest absolute Gasteiger partial charge is 0.237 e. The highest BCUT2D eigenvalue weighted by Gasteiger charge is 2.11. The second-order valence-corrected chi connectivity index (χ2v) is 5.47. The Kier molecular flexibility index (Phi) is 9.84. The average molecular weight is 315 g/mol. The molecule has 1 aromatic carbocycles. The summed E-state index contributed by atoms with van der Waals surface area (Å²) < 4.78 is 5.66. The summed E-state index contributed by atoms with van der Waals surface area (Å²) in [6, 6.07) is 7.36. The summed E-state index contributed by atoms with van der Waals surface area (Å²) in [5.74, 6) is 1.23. The van der Waals surface area contributed by atoms with Gasteiger partial charge in [0.15, 0.2) is 0 Å². The van der Waals surface area contributed by atoms with Gasteiger partial charge in [-0.05, 0) is 30.0 Å². The second-order valence-electron chi connectivity index (χ2n) is 5.47. The number of nitrogens with two attached hydrogens (primary N) is 1. The van der Waals surface area contributed by atoms with Crippen molar-refractivity contribution in [1.82, 2.24) is 5.32 Å². The fraction of sp³-hybridized carbons (Fsp3) is 0.562. The van der Waals surface area contributed by atoms with Crippen LogP contribution in [0.1, 0.15) is 39.2 Å². The minimum Gasteiger partial charge on any atom is -0.493 e. The van der Waals surface area contributed by atoms with Crippen molar-refractivity contribution in [3.05, 3.63) is 29.8 Å². The maximum atomic E-state index is 11.7. The zero-order chi connectivity index (χ0) is 15.0. The largest absolute Gasteiger partial charge is 0.493 e. The Balaban J connectivity index is 0.00000400. The molecule has 5 heteroatoms. The lowest BCUT2D eigenvalue weighted by Gasteiger charge is -2.12. The van der Waals surface area contributed by atoms with E-state index in [1.165, 1.54) is 0 Å². The predicted octanol–water partition coefficient (Wildman–Crippen LogP) is 2.89. The van der Waals surface area contributed by atoms with E-state index in [1.54, 1.807) is 0 Å². The van der Waals surface area contributed by atoms with E-state index >= 15 is 0 Å². The Hall–Kier alpha value is -1.26. The molecule has 0 aromatic heterocycles. The van der Waals surface area contributed by atoms with Gasteiger partial charge in [0.25, 0.3) is 0 Å². The number of carbonyl (C=O) groups is 1. The van der Waals surface area contributed by atoms with E-state index in [0.717, 1.165) is 17.7 Å². The molecule has 0 saturated carbocycles. The van der Waals surface area contributed by atoms with Crippen LogP contribution >= 0.6 is 12.4 Å². The number of carbonyl (C=O) groups excluding carboxylic acids is 1. The van der Waals surface area contributed by atoms with E-state index < -0.39 is 6.04 Å². The van der Waals surface area contributed by atoms with Crippen LogP contribution in [-0.4, -0.2) is 18.6 Å². The molecule has 0 saturated heterocycles. The average Bonchev–Trinajstić information content (AvgIpc) is 2.43. The highest BCUT2D eigenvalue weighted by molar-refractivity contribution is 5.85. The summed E-state index contributed by atoms with van der Waals surface area (Å²) >= 11 is 0. The maximum absolute atomic E-state index is 11.7. The number of rotatable bonds is 8. The van der Waals surface area contributed by atoms with E-state index in [4.69, 9.17) is 10.5 Å². The van der Waals surface area contributed by atoms with Gasteiger partial charge in [-0.15, -0.1) is 12.4 Å². The minimum absolute atomic E-state index is 0. The molecule has 0 aliphatic heterocycles. The van der Waals surface area contributed by atoms with Crippen molar-refractivity contribution in [3.8, 4) is 5.75 Å². The third-order valence-electron chi connectivity index (χ3n) is 2.88. The van der Waals surface area contributed by atoms with Crippen LogP contribution in [0.5, 0.6) is 5.75 Å². The number of benzene rings is 1. The zero-order valence-electron chi connectivity index (χ0n) is 13.1. The van der Waals surface area contributed by atoms with Gasteiger partial charge in [-0.25, -0.2) is 0 Å². The lowest BCUT2D eigenvalue weighted by molar-refractivity contribution is -0.122. The van der Waals surface area contributed by atoms with Crippen molar-refractivity contribution in [2.75, 3.05) is 6.61 Å². The Morgan fingerprint density at radius 3 is 2.71 bits per heavy atom. The molecular weight excluding hydrogens is 288 g/mol. The molecule has 4 nitrogen and oxygen atoms in total. The lowest BCUT2D eigenvalue weighted by atomic mass is 10.1. The van der Waals surface area contributed by atoms with Crippen LogP contribution in [0.15, 0.2) is 24.3 Å². The zero-order valence-corrected chi connectivity index (χ0v) is 13.9. The van der Waals surface area contributed by atoms with Crippen molar-refractivity contribution >= 4 is 18.3 Å². The standard InChI is InChI=1S/C16H26N2O2.ClH/c1-4-6-15(17)16(19)18-10-13-7-5-8-14(9-13)20-11-12(2)3;/h5,7-9,12,15H,4,6,10-11,17H2,1-3H3,(H,18,19);1H. The quantitative estimate of drug-likeness (QED) is 0.775. The highest BCUT2D eigenvalue weighted by atomic mass is 35.5. The van der Waals surface area contributed by atoms with Crippen molar-refractivity contribution in [1.29, 1.82) is 0 Å². The second kappa shape index (κ2) is 10.5. The molecule has 1 aromatic rings. The first kappa shape index (κ1) is 19.7. The van der Waals surface area contributed by atoms with Gasteiger partial charge in [-0.2, -0.15) is 0 Å². The molecule has 21 heavy (non-hydrogen) atoms. The molecular formula is C16H27ClN2O2. The van der Waals surface area contributed by atoms with E-state index in [2.05, 4.69) is 19.2 Å². The van der Waals surface area contributed by atoms with Gasteiger partial charge in [0, 0.05) is 6.54 Å². The van der Waals surface area contributed by atoms with Crippen LogP contribution in [-0.2, 0) is 11.3 Å². The lowest BCUT2D eigenvalue weighted by Crippen LogP contribution is -2.40. The molecule has 3 N–H and O–H groups in total. The highest BCUT2D eigenvalue weighted by Crippen LogP contribution is 2.14. The predicted molar refractivity (Wildman–Crippen MR) is 88.8 cm³/mol. The molecule has 0 spiro atoms. The third kappa shape index (κ3) is 7.93. The molecule has 0 radical (unpaired) electrons. The van der Waals surface area contributed by atoms with E-state index in [-0.39, 0.29) is 18.3 Å². The van der Waals surface area contributed by atoms with E-state index in [9.17, 15) is 4.79 Å². The van der Waals surface area contributed by atoms with Gasteiger partial charge < -0.3 is 15.8 Å². The Morgan fingerprint density at radius 2 is 2.10 bits per heavy atom. The monoisotopic (exact) mass is 314 g/mol. The number of amides is 1. The fourth-order valence-electron chi connectivity index (χ4n) is 1.77. The Labute approximate surface area is 133 Å². The van der Waals surface area contributed by atoms with Crippen LogP contribution in [0.2, 0.25) is 0 Å². The van der Waals surface area contributed by atoms with Crippen LogP contribution < -0.4 is 15.8 Å². The number of hydrogen-bond donors (Lipinski definition) is 2. The summed E-state index contributed by atoms with van der Waals surface area (Å²) in [6.45, 7) is 7.41.